The quantitative estimate of drug-likeness (QED) is 0.889. The number of aliphatic hydroxyl groups excluding tert-OH is 1. The number of aryl methyl sites for hydroxylation is 1. The van der Waals surface area contributed by atoms with E-state index in [2.05, 4.69) is 12.0 Å². The molecular formula is C15H26N2O2. The van der Waals surface area contributed by atoms with Gasteiger partial charge in [0.1, 0.15) is 0 Å². The van der Waals surface area contributed by atoms with E-state index in [-0.39, 0.29) is 5.60 Å². The third-order valence-corrected chi connectivity index (χ3v) is 4.33. The number of rotatable bonds is 5. The van der Waals surface area contributed by atoms with Crippen LogP contribution in [0.5, 0.6) is 0 Å². The third-order valence-electron chi connectivity index (χ3n) is 4.33. The predicted octanol–water partition coefficient (Wildman–Crippen LogP) is 2.31. The van der Waals surface area contributed by atoms with Gasteiger partial charge in [0.05, 0.1) is 17.4 Å². The average molecular weight is 266 g/mol. The van der Waals surface area contributed by atoms with Crippen molar-refractivity contribution in [1.82, 2.24) is 9.78 Å². The summed E-state index contributed by atoms with van der Waals surface area (Å²) in [6.07, 6.45) is 6.22. The highest BCUT2D eigenvalue weighted by Gasteiger charge is 2.41. The lowest BCUT2D eigenvalue weighted by Crippen LogP contribution is -2.48. The predicted molar refractivity (Wildman–Crippen MR) is 74.9 cm³/mol. The fourth-order valence-electron chi connectivity index (χ4n) is 3.07. The molecule has 1 atom stereocenters. The van der Waals surface area contributed by atoms with Crippen LogP contribution >= 0.6 is 0 Å². The van der Waals surface area contributed by atoms with Crippen LogP contribution < -0.4 is 0 Å². The molecule has 4 heteroatoms. The van der Waals surface area contributed by atoms with Crippen LogP contribution in [0.2, 0.25) is 0 Å². The van der Waals surface area contributed by atoms with E-state index in [1.807, 2.05) is 26.2 Å². The van der Waals surface area contributed by atoms with E-state index < -0.39 is 6.10 Å². The van der Waals surface area contributed by atoms with Gasteiger partial charge in [0, 0.05) is 26.3 Å². The minimum Gasteiger partial charge on any atom is -0.390 e. The fourth-order valence-corrected chi connectivity index (χ4v) is 3.07. The maximum Gasteiger partial charge on any atom is 0.0944 e. The maximum absolute atomic E-state index is 10.6. The van der Waals surface area contributed by atoms with Gasteiger partial charge in [0.15, 0.2) is 0 Å². The Hall–Kier alpha value is -0.870. The van der Waals surface area contributed by atoms with Crippen molar-refractivity contribution in [2.75, 3.05) is 6.61 Å². The molecule has 1 N–H and O–H groups in total. The summed E-state index contributed by atoms with van der Waals surface area (Å²) in [6.45, 7) is 4.95. The molecule has 1 unspecified atom stereocenters. The summed E-state index contributed by atoms with van der Waals surface area (Å²) in [7, 11) is 1.90. The number of nitrogens with zero attached hydrogens (tertiary/aromatic N) is 2. The molecule has 0 aromatic carbocycles. The van der Waals surface area contributed by atoms with Gasteiger partial charge in [-0.3, -0.25) is 4.68 Å². The molecule has 108 valence electrons. The number of hydrogen-bond donors (Lipinski definition) is 1. The topological polar surface area (TPSA) is 47.3 Å². The summed E-state index contributed by atoms with van der Waals surface area (Å²) in [4.78, 5) is 0. The summed E-state index contributed by atoms with van der Waals surface area (Å²) in [5.74, 6) is 0.746. The fraction of sp³-hybridized carbons (Fsp3) is 0.800. The van der Waals surface area contributed by atoms with E-state index in [1.165, 1.54) is 0 Å². The molecule has 0 saturated heterocycles. The van der Waals surface area contributed by atoms with Gasteiger partial charge in [0.25, 0.3) is 0 Å². The van der Waals surface area contributed by atoms with Crippen LogP contribution in [-0.4, -0.2) is 33.2 Å². The van der Waals surface area contributed by atoms with Crippen molar-refractivity contribution in [2.24, 2.45) is 13.0 Å². The molecule has 1 saturated carbocycles. The molecule has 1 aliphatic rings. The summed E-state index contributed by atoms with van der Waals surface area (Å²) >= 11 is 0. The van der Waals surface area contributed by atoms with Gasteiger partial charge >= 0.3 is 0 Å². The maximum atomic E-state index is 10.6. The van der Waals surface area contributed by atoms with Gasteiger partial charge in [-0.15, -0.1) is 0 Å². The molecule has 0 spiro atoms. The number of aromatic nitrogens is 2. The second-order valence-electron chi connectivity index (χ2n) is 5.88. The van der Waals surface area contributed by atoms with Crippen molar-refractivity contribution in [1.29, 1.82) is 0 Å². The average Bonchev–Trinajstić information content (AvgIpc) is 2.78. The number of hydrogen-bond acceptors (Lipinski definition) is 3. The number of ether oxygens (including phenoxy) is 1. The van der Waals surface area contributed by atoms with Crippen LogP contribution in [0.3, 0.4) is 0 Å². The van der Waals surface area contributed by atoms with Crippen LogP contribution in [0.4, 0.5) is 0 Å². The summed E-state index contributed by atoms with van der Waals surface area (Å²) in [5.41, 5.74) is 0.575. The molecule has 1 aliphatic carbocycles. The van der Waals surface area contributed by atoms with Gasteiger partial charge < -0.3 is 9.84 Å². The van der Waals surface area contributed by atoms with Crippen LogP contribution in [0.15, 0.2) is 12.3 Å². The standard InChI is InChI=1S/C15H26N2O2/c1-4-19-15(8-5-12(2)6-9-15)14(18)11-13-7-10-17(3)16-13/h7,10,12,14,18H,4-6,8-9,11H2,1-3H3. The first-order valence-corrected chi connectivity index (χ1v) is 7.36. The Morgan fingerprint density at radius 2 is 2.21 bits per heavy atom. The molecule has 0 aliphatic heterocycles. The van der Waals surface area contributed by atoms with Crippen molar-refractivity contribution in [3.8, 4) is 0 Å². The van der Waals surface area contributed by atoms with E-state index in [0.29, 0.717) is 13.0 Å². The molecule has 1 aromatic rings. The van der Waals surface area contributed by atoms with Crippen molar-refractivity contribution >= 4 is 0 Å². The van der Waals surface area contributed by atoms with E-state index in [4.69, 9.17) is 4.74 Å². The Bertz CT molecular complexity index is 395. The Kier molecular flexibility index (Phi) is 4.63. The zero-order chi connectivity index (χ0) is 13.9. The lowest BCUT2D eigenvalue weighted by atomic mass is 9.75. The number of aliphatic hydroxyl groups is 1. The van der Waals surface area contributed by atoms with Gasteiger partial charge in [-0.25, -0.2) is 0 Å². The third kappa shape index (κ3) is 3.37. The first-order chi connectivity index (χ1) is 9.05. The monoisotopic (exact) mass is 266 g/mol. The highest BCUT2D eigenvalue weighted by molar-refractivity contribution is 5.04. The molecular weight excluding hydrogens is 240 g/mol. The lowest BCUT2D eigenvalue weighted by Gasteiger charge is -2.42. The molecule has 19 heavy (non-hydrogen) atoms. The summed E-state index contributed by atoms with van der Waals surface area (Å²) < 4.78 is 7.75. The van der Waals surface area contributed by atoms with Crippen molar-refractivity contribution < 1.29 is 9.84 Å². The Morgan fingerprint density at radius 3 is 2.74 bits per heavy atom. The SMILES string of the molecule is CCOC1(C(O)Cc2ccn(C)n2)CCC(C)CC1. The van der Waals surface area contributed by atoms with Crippen LogP contribution in [0, 0.1) is 5.92 Å². The lowest BCUT2D eigenvalue weighted by molar-refractivity contribution is -0.143. The van der Waals surface area contributed by atoms with E-state index >= 15 is 0 Å². The highest BCUT2D eigenvalue weighted by Crippen LogP contribution is 2.38. The van der Waals surface area contributed by atoms with Gasteiger partial charge in [-0.1, -0.05) is 6.92 Å². The second kappa shape index (κ2) is 6.06. The van der Waals surface area contributed by atoms with Gasteiger partial charge in [-0.2, -0.15) is 5.10 Å². The zero-order valence-electron chi connectivity index (χ0n) is 12.3. The first kappa shape index (κ1) is 14.5. The van der Waals surface area contributed by atoms with Crippen molar-refractivity contribution in [3.63, 3.8) is 0 Å². The highest BCUT2D eigenvalue weighted by atomic mass is 16.5. The molecule has 2 rings (SSSR count). The Morgan fingerprint density at radius 1 is 1.53 bits per heavy atom. The largest absolute Gasteiger partial charge is 0.390 e. The molecule has 0 bridgehead atoms. The molecule has 0 radical (unpaired) electrons. The molecule has 0 amide bonds. The van der Waals surface area contributed by atoms with Crippen LogP contribution in [0.25, 0.3) is 0 Å². The van der Waals surface area contributed by atoms with E-state index in [9.17, 15) is 5.11 Å². The van der Waals surface area contributed by atoms with Crippen LogP contribution in [0.1, 0.15) is 45.2 Å². The van der Waals surface area contributed by atoms with E-state index in [1.54, 1.807) is 4.68 Å². The second-order valence-corrected chi connectivity index (χ2v) is 5.88. The van der Waals surface area contributed by atoms with Crippen molar-refractivity contribution in [2.45, 2.75) is 57.7 Å². The van der Waals surface area contributed by atoms with E-state index in [0.717, 1.165) is 37.3 Å². The first-order valence-electron chi connectivity index (χ1n) is 7.36. The summed E-state index contributed by atoms with van der Waals surface area (Å²) in [6, 6.07) is 1.97. The Balaban J connectivity index is 2.05. The minimum absolute atomic E-state index is 0.362. The molecule has 4 nitrogen and oxygen atoms in total. The van der Waals surface area contributed by atoms with Crippen LogP contribution in [-0.2, 0) is 18.2 Å². The summed E-state index contributed by atoms with van der Waals surface area (Å²) in [5, 5.41) is 15.0. The van der Waals surface area contributed by atoms with Gasteiger partial charge in [-0.05, 0) is 44.6 Å². The smallest absolute Gasteiger partial charge is 0.0944 e. The molecule has 1 aromatic heterocycles. The van der Waals surface area contributed by atoms with Crippen molar-refractivity contribution in [3.05, 3.63) is 18.0 Å². The normalized spacial score (nSPS) is 29.4. The Labute approximate surface area is 115 Å². The molecule has 1 fully saturated rings. The molecule has 1 heterocycles. The minimum atomic E-state index is -0.463. The zero-order valence-corrected chi connectivity index (χ0v) is 12.3. The van der Waals surface area contributed by atoms with Gasteiger partial charge in [0.2, 0.25) is 0 Å².